The summed E-state index contributed by atoms with van der Waals surface area (Å²) < 4.78 is 9.99. The van der Waals surface area contributed by atoms with E-state index >= 15 is 0 Å². The number of carbonyl (C=O) groups is 3. The van der Waals surface area contributed by atoms with Crippen molar-refractivity contribution in [3.63, 3.8) is 0 Å². The molecule has 0 aliphatic carbocycles. The van der Waals surface area contributed by atoms with E-state index in [-0.39, 0.29) is 11.5 Å². The van der Waals surface area contributed by atoms with Crippen LogP contribution in [0.25, 0.3) is 0 Å². The molecular formula is C21H23N3O5S. The number of esters is 2. The molecule has 0 bridgehead atoms. The number of fused-ring (bicyclic) bond motifs is 1. The molecule has 1 atom stereocenters. The predicted octanol–water partition coefficient (Wildman–Crippen LogP) is 2.63. The van der Waals surface area contributed by atoms with E-state index in [1.54, 1.807) is 13.8 Å². The highest BCUT2D eigenvalue weighted by Gasteiger charge is 2.42. The summed E-state index contributed by atoms with van der Waals surface area (Å²) >= 11 is 1.04. The van der Waals surface area contributed by atoms with Gasteiger partial charge in [-0.3, -0.25) is 9.69 Å². The number of anilines is 1. The Morgan fingerprint density at radius 1 is 1.20 bits per heavy atom. The molecule has 0 radical (unpaired) electrons. The molecule has 2 aliphatic rings. The van der Waals surface area contributed by atoms with Crippen molar-refractivity contribution in [3.05, 3.63) is 52.1 Å². The van der Waals surface area contributed by atoms with Crippen LogP contribution in [-0.4, -0.2) is 55.7 Å². The normalized spacial score (nSPS) is 18.4. The van der Waals surface area contributed by atoms with Gasteiger partial charge in [-0.15, -0.1) is 0 Å². The number of thioether (sulfide) groups is 1. The number of hydrogen-bond donors (Lipinski definition) is 0. The van der Waals surface area contributed by atoms with E-state index in [4.69, 9.17) is 9.47 Å². The number of hydrogen-bond acceptors (Lipinski definition) is 8. The van der Waals surface area contributed by atoms with Gasteiger partial charge in [-0.1, -0.05) is 12.1 Å². The maximum absolute atomic E-state index is 13.0. The minimum atomic E-state index is -0.719. The van der Waals surface area contributed by atoms with Crippen molar-refractivity contribution in [1.82, 2.24) is 4.90 Å². The summed E-state index contributed by atoms with van der Waals surface area (Å²) in [6.07, 6.45) is 1.21. The second-order valence-electron chi connectivity index (χ2n) is 6.81. The van der Waals surface area contributed by atoms with Crippen LogP contribution in [0.3, 0.4) is 0 Å². The summed E-state index contributed by atoms with van der Waals surface area (Å²) in [6, 6.07) is 6.84. The van der Waals surface area contributed by atoms with E-state index in [0.717, 1.165) is 23.0 Å². The Hall–Kier alpha value is -3.07. The zero-order valence-corrected chi connectivity index (χ0v) is 18.3. The van der Waals surface area contributed by atoms with Gasteiger partial charge in [0, 0.05) is 25.9 Å². The number of ether oxygens (including phenoxy) is 2. The molecule has 0 unspecified atom stereocenters. The van der Waals surface area contributed by atoms with Crippen LogP contribution < -0.4 is 4.90 Å². The fraction of sp³-hybridized carbons (Fsp3) is 0.333. The number of allylic oxidation sites excluding steroid dienone is 1. The minimum absolute atomic E-state index is 0.145. The Kier molecular flexibility index (Phi) is 6.31. The lowest BCUT2D eigenvalue weighted by Gasteiger charge is -2.38. The first kappa shape index (κ1) is 21.6. The standard InChI is InChI=1S/C21H23N3O5S/c1-6-29-20(27)17-12(2)22-21-24(16(25)11-15(30-21)19(26)28-5)18(17)13-7-9-14(10-8-13)23(3)4/h7-11,18H,6H2,1-5H3/t18-/m1/s1. The molecular weight excluding hydrogens is 406 g/mol. The number of carbonyl (C=O) groups excluding carboxylic acids is 3. The fourth-order valence-electron chi connectivity index (χ4n) is 3.24. The van der Waals surface area contributed by atoms with Gasteiger partial charge in [0.1, 0.15) is 4.91 Å². The monoisotopic (exact) mass is 429 g/mol. The molecule has 0 fully saturated rings. The summed E-state index contributed by atoms with van der Waals surface area (Å²) in [5.41, 5.74) is 2.45. The number of nitrogens with zero attached hydrogens (tertiary/aromatic N) is 3. The number of aliphatic imine (C=N–C) groups is 1. The lowest BCUT2D eigenvalue weighted by molar-refractivity contribution is -0.140. The summed E-state index contributed by atoms with van der Waals surface area (Å²) in [5, 5.41) is 0.315. The third-order valence-electron chi connectivity index (χ3n) is 4.69. The van der Waals surface area contributed by atoms with E-state index in [0.29, 0.717) is 16.4 Å². The van der Waals surface area contributed by atoms with Gasteiger partial charge in [0.25, 0.3) is 5.91 Å². The molecule has 0 N–H and O–H groups in total. The lowest BCUT2D eigenvalue weighted by atomic mass is 9.94. The molecule has 9 heteroatoms. The average Bonchev–Trinajstić information content (AvgIpc) is 2.72. The number of amidine groups is 1. The van der Waals surface area contributed by atoms with Crippen LogP contribution >= 0.6 is 11.8 Å². The van der Waals surface area contributed by atoms with E-state index < -0.39 is 23.9 Å². The molecule has 1 aromatic carbocycles. The predicted molar refractivity (Wildman–Crippen MR) is 115 cm³/mol. The Balaban J connectivity index is 2.13. The molecule has 0 spiro atoms. The Morgan fingerprint density at radius 2 is 1.87 bits per heavy atom. The van der Waals surface area contributed by atoms with Crippen LogP contribution in [0.4, 0.5) is 5.69 Å². The van der Waals surface area contributed by atoms with Crippen molar-refractivity contribution in [2.75, 3.05) is 32.7 Å². The van der Waals surface area contributed by atoms with Gasteiger partial charge in [0.05, 0.1) is 31.0 Å². The van der Waals surface area contributed by atoms with E-state index in [1.807, 2.05) is 43.3 Å². The Morgan fingerprint density at radius 3 is 2.43 bits per heavy atom. The third-order valence-corrected chi connectivity index (χ3v) is 5.67. The maximum Gasteiger partial charge on any atom is 0.345 e. The average molecular weight is 429 g/mol. The zero-order valence-electron chi connectivity index (χ0n) is 17.5. The lowest BCUT2D eigenvalue weighted by Crippen LogP contribution is -2.44. The third kappa shape index (κ3) is 3.97. The molecule has 3 rings (SSSR count). The minimum Gasteiger partial charge on any atom is -0.465 e. The highest BCUT2D eigenvalue weighted by Crippen LogP contribution is 2.42. The first-order valence-corrected chi connectivity index (χ1v) is 10.1. The van der Waals surface area contributed by atoms with E-state index in [2.05, 4.69) is 4.99 Å². The van der Waals surface area contributed by atoms with Gasteiger partial charge in [-0.25, -0.2) is 14.6 Å². The molecule has 1 aromatic rings. The number of rotatable bonds is 5. The smallest absolute Gasteiger partial charge is 0.345 e. The summed E-state index contributed by atoms with van der Waals surface area (Å²) in [5.74, 6) is -1.59. The van der Waals surface area contributed by atoms with Crippen LogP contribution in [0.2, 0.25) is 0 Å². The van der Waals surface area contributed by atoms with E-state index in [9.17, 15) is 14.4 Å². The summed E-state index contributed by atoms with van der Waals surface area (Å²) in [7, 11) is 5.11. The number of amides is 1. The molecule has 2 aliphatic heterocycles. The van der Waals surface area contributed by atoms with Gasteiger partial charge < -0.3 is 14.4 Å². The molecule has 2 heterocycles. The van der Waals surface area contributed by atoms with Gasteiger partial charge in [0.2, 0.25) is 0 Å². The zero-order chi connectivity index (χ0) is 22.0. The number of benzene rings is 1. The van der Waals surface area contributed by atoms with Crippen molar-refractivity contribution in [2.45, 2.75) is 19.9 Å². The van der Waals surface area contributed by atoms with Crippen LogP contribution in [0.5, 0.6) is 0 Å². The molecule has 1 amide bonds. The van der Waals surface area contributed by atoms with Gasteiger partial charge in [-0.05, 0) is 43.3 Å². The second kappa shape index (κ2) is 8.74. The van der Waals surface area contributed by atoms with Crippen LogP contribution in [0.1, 0.15) is 25.5 Å². The van der Waals surface area contributed by atoms with Crippen LogP contribution in [0, 0.1) is 0 Å². The first-order valence-electron chi connectivity index (χ1n) is 9.33. The number of methoxy groups -OCH3 is 1. The molecule has 0 saturated heterocycles. The summed E-state index contributed by atoms with van der Waals surface area (Å²) in [4.78, 5) is 45.7. The second-order valence-corrected chi connectivity index (χ2v) is 7.82. The van der Waals surface area contributed by atoms with Gasteiger partial charge >= 0.3 is 11.9 Å². The topological polar surface area (TPSA) is 88.5 Å². The largest absolute Gasteiger partial charge is 0.465 e. The van der Waals surface area contributed by atoms with Crippen molar-refractivity contribution in [3.8, 4) is 0 Å². The van der Waals surface area contributed by atoms with Crippen molar-refractivity contribution < 1.29 is 23.9 Å². The van der Waals surface area contributed by atoms with Crippen LogP contribution in [-0.2, 0) is 23.9 Å². The molecule has 30 heavy (non-hydrogen) atoms. The summed E-state index contributed by atoms with van der Waals surface area (Å²) in [6.45, 7) is 3.62. The molecule has 0 saturated carbocycles. The van der Waals surface area contributed by atoms with Crippen molar-refractivity contribution >= 4 is 40.5 Å². The highest BCUT2D eigenvalue weighted by molar-refractivity contribution is 8.18. The SMILES string of the molecule is CCOC(=O)C1=C(C)N=C2SC(C(=O)OC)=CC(=O)N2[C@@H]1c1ccc(N(C)C)cc1. The van der Waals surface area contributed by atoms with E-state index in [1.165, 1.54) is 18.1 Å². The Bertz CT molecular complexity index is 979. The van der Waals surface area contributed by atoms with Crippen LogP contribution in [0.15, 0.2) is 51.5 Å². The van der Waals surface area contributed by atoms with Crippen molar-refractivity contribution in [1.29, 1.82) is 0 Å². The molecule has 0 aromatic heterocycles. The van der Waals surface area contributed by atoms with Gasteiger partial charge in [-0.2, -0.15) is 0 Å². The highest BCUT2D eigenvalue weighted by atomic mass is 32.2. The quantitative estimate of drug-likeness (QED) is 0.665. The molecule has 8 nitrogen and oxygen atoms in total. The Labute approximate surface area is 179 Å². The maximum atomic E-state index is 13.0. The van der Waals surface area contributed by atoms with Gasteiger partial charge in [0.15, 0.2) is 5.17 Å². The first-order chi connectivity index (χ1) is 14.3. The van der Waals surface area contributed by atoms with Crippen molar-refractivity contribution in [2.24, 2.45) is 4.99 Å². The molecule has 158 valence electrons. The fourth-order valence-corrected chi connectivity index (χ4v) is 4.24.